The van der Waals surface area contributed by atoms with Crippen molar-refractivity contribution in [1.29, 1.82) is 0 Å². The number of nitrogens with one attached hydrogen (secondary N) is 2. The molecule has 0 spiro atoms. The maximum atomic E-state index is 12.4. The average Bonchev–Trinajstić information content (AvgIpc) is 3.44. The number of piperazine rings is 1. The van der Waals surface area contributed by atoms with E-state index >= 15 is 0 Å². The Morgan fingerprint density at radius 3 is 2.40 bits per heavy atom. The molecule has 1 aliphatic rings. The molecule has 2 N–H and O–H groups in total. The normalized spacial score (nSPS) is 13.9. The molecular formula is C31H28Cl2N4O2S. The van der Waals surface area contributed by atoms with Gasteiger partial charge in [-0.25, -0.2) is 0 Å². The fraction of sp³-hybridized carbons (Fsp3) is 0.161. The molecule has 0 unspecified atom stereocenters. The Hall–Kier alpha value is -3.62. The molecule has 0 saturated carbocycles. The topological polar surface area (TPSA) is 60.8 Å². The second-order valence-corrected chi connectivity index (χ2v) is 10.6. The quantitative estimate of drug-likeness (QED) is 0.177. The molecule has 1 aliphatic heterocycles. The van der Waals surface area contributed by atoms with Crippen molar-refractivity contribution < 1.29 is 9.21 Å². The van der Waals surface area contributed by atoms with Gasteiger partial charge in [-0.2, -0.15) is 0 Å². The van der Waals surface area contributed by atoms with Gasteiger partial charge in [0.1, 0.15) is 11.5 Å². The summed E-state index contributed by atoms with van der Waals surface area (Å²) in [6.45, 7) is 4.38. The fourth-order valence-electron chi connectivity index (χ4n) is 4.53. The Morgan fingerprint density at radius 2 is 1.65 bits per heavy atom. The minimum atomic E-state index is -0.368. The summed E-state index contributed by atoms with van der Waals surface area (Å²) in [7, 11) is 0. The molecule has 0 radical (unpaired) electrons. The number of nitrogens with zero attached hydrogens (tertiary/aromatic N) is 2. The van der Waals surface area contributed by atoms with E-state index < -0.39 is 0 Å². The van der Waals surface area contributed by atoms with Crippen LogP contribution in [0.1, 0.15) is 11.3 Å². The Morgan fingerprint density at radius 1 is 0.900 bits per heavy atom. The molecule has 6 nitrogen and oxygen atoms in total. The SMILES string of the molecule is O=C(/C=C/c1ccc(-c2ccccc2)o1)NC(=S)Nc1ccc(N2CCN(Cc3ccccc3Cl)CC2)c(Cl)c1. The van der Waals surface area contributed by atoms with Crippen molar-refractivity contribution in [2.24, 2.45) is 0 Å². The van der Waals surface area contributed by atoms with Crippen molar-refractivity contribution in [2.45, 2.75) is 6.54 Å². The third-order valence-electron chi connectivity index (χ3n) is 6.59. The molecule has 0 bridgehead atoms. The van der Waals surface area contributed by atoms with E-state index in [4.69, 9.17) is 39.8 Å². The summed E-state index contributed by atoms with van der Waals surface area (Å²) < 4.78 is 5.79. The number of thiocarbonyl (C=S) groups is 1. The molecule has 3 aromatic carbocycles. The number of carbonyl (C=O) groups excluding carboxylic acids is 1. The van der Waals surface area contributed by atoms with Crippen LogP contribution in [0.3, 0.4) is 0 Å². The van der Waals surface area contributed by atoms with E-state index in [1.54, 1.807) is 6.08 Å². The molecule has 9 heteroatoms. The van der Waals surface area contributed by atoms with Crippen molar-refractivity contribution in [3.8, 4) is 11.3 Å². The number of amides is 1. The summed E-state index contributed by atoms with van der Waals surface area (Å²) in [5.74, 6) is 0.935. The van der Waals surface area contributed by atoms with Crippen LogP contribution in [0, 0.1) is 0 Å². The first-order valence-electron chi connectivity index (χ1n) is 12.9. The number of hydrogen-bond donors (Lipinski definition) is 2. The number of rotatable bonds is 7. The molecule has 0 atom stereocenters. The highest BCUT2D eigenvalue weighted by atomic mass is 35.5. The van der Waals surface area contributed by atoms with E-state index in [0.717, 1.165) is 60.3 Å². The standard InChI is InChI=1S/C31H28Cl2N4O2S/c32-26-9-5-4-8-23(26)21-36-16-18-37(19-17-36)28-13-10-24(20-27(28)33)34-31(40)35-30(38)15-12-25-11-14-29(39-25)22-6-2-1-3-7-22/h1-15,20H,16-19,21H2,(H2,34,35,38,40)/b15-12+. The highest BCUT2D eigenvalue weighted by molar-refractivity contribution is 7.80. The van der Waals surface area contributed by atoms with Gasteiger partial charge in [-0.15, -0.1) is 0 Å². The van der Waals surface area contributed by atoms with Crippen LogP contribution in [0.2, 0.25) is 10.0 Å². The first kappa shape index (κ1) is 27.9. The summed E-state index contributed by atoms with van der Waals surface area (Å²) in [4.78, 5) is 17.0. The van der Waals surface area contributed by atoms with Gasteiger partial charge in [-0.05, 0) is 60.3 Å². The highest BCUT2D eigenvalue weighted by Gasteiger charge is 2.20. The minimum Gasteiger partial charge on any atom is -0.457 e. The van der Waals surface area contributed by atoms with Crippen LogP contribution >= 0.6 is 35.4 Å². The van der Waals surface area contributed by atoms with Crippen LogP contribution in [-0.4, -0.2) is 42.1 Å². The van der Waals surface area contributed by atoms with E-state index in [0.29, 0.717) is 16.5 Å². The molecule has 1 fully saturated rings. The van der Waals surface area contributed by atoms with Gasteiger partial charge >= 0.3 is 0 Å². The second-order valence-electron chi connectivity index (χ2n) is 9.37. The zero-order valence-electron chi connectivity index (χ0n) is 21.6. The predicted octanol–water partition coefficient (Wildman–Crippen LogP) is 7.10. The van der Waals surface area contributed by atoms with Gasteiger partial charge in [0.2, 0.25) is 5.91 Å². The number of furan rings is 1. The Labute approximate surface area is 249 Å². The predicted molar refractivity (Wildman–Crippen MR) is 168 cm³/mol. The highest BCUT2D eigenvalue weighted by Crippen LogP contribution is 2.30. The fourth-order valence-corrected chi connectivity index (χ4v) is 5.24. The number of benzene rings is 3. The van der Waals surface area contributed by atoms with Crippen molar-refractivity contribution in [3.05, 3.63) is 112 Å². The van der Waals surface area contributed by atoms with Gasteiger partial charge in [-0.1, -0.05) is 71.7 Å². The number of anilines is 2. The van der Waals surface area contributed by atoms with Crippen molar-refractivity contribution in [1.82, 2.24) is 10.2 Å². The molecule has 5 rings (SSSR count). The molecule has 204 valence electrons. The molecule has 4 aromatic rings. The molecule has 1 saturated heterocycles. The molecule has 0 aliphatic carbocycles. The minimum absolute atomic E-state index is 0.177. The van der Waals surface area contributed by atoms with Crippen LogP contribution in [-0.2, 0) is 11.3 Å². The van der Waals surface area contributed by atoms with Crippen molar-refractivity contribution >= 4 is 63.9 Å². The van der Waals surface area contributed by atoms with Gasteiger partial charge in [-0.3, -0.25) is 15.0 Å². The number of carbonyl (C=O) groups is 1. The largest absolute Gasteiger partial charge is 0.457 e. The number of halogens is 2. The maximum Gasteiger partial charge on any atom is 0.250 e. The van der Waals surface area contributed by atoms with E-state index in [1.807, 2.05) is 78.9 Å². The van der Waals surface area contributed by atoms with Crippen molar-refractivity contribution in [2.75, 3.05) is 36.4 Å². The van der Waals surface area contributed by atoms with Gasteiger partial charge in [0.25, 0.3) is 0 Å². The third kappa shape index (κ3) is 7.31. The van der Waals surface area contributed by atoms with Gasteiger partial charge in [0, 0.05) is 55.1 Å². The molecule has 1 amide bonds. The molecule has 1 aromatic heterocycles. The Balaban J connectivity index is 1.10. The van der Waals surface area contributed by atoms with E-state index in [2.05, 4.69) is 26.5 Å². The molecule has 2 heterocycles. The van der Waals surface area contributed by atoms with Crippen LogP contribution < -0.4 is 15.5 Å². The lowest BCUT2D eigenvalue weighted by Gasteiger charge is -2.36. The van der Waals surface area contributed by atoms with Crippen LogP contribution in [0.25, 0.3) is 17.4 Å². The van der Waals surface area contributed by atoms with Gasteiger partial charge in [0.15, 0.2) is 5.11 Å². The van der Waals surface area contributed by atoms with Gasteiger partial charge < -0.3 is 14.6 Å². The summed E-state index contributed by atoms with van der Waals surface area (Å²) in [5.41, 5.74) is 3.77. The van der Waals surface area contributed by atoms with E-state index in [1.165, 1.54) is 6.08 Å². The first-order chi connectivity index (χ1) is 19.4. The number of hydrogen-bond acceptors (Lipinski definition) is 5. The van der Waals surface area contributed by atoms with Crippen LogP contribution in [0.4, 0.5) is 11.4 Å². The average molecular weight is 592 g/mol. The molecular weight excluding hydrogens is 563 g/mol. The zero-order valence-corrected chi connectivity index (χ0v) is 24.0. The van der Waals surface area contributed by atoms with Crippen LogP contribution in [0.15, 0.2) is 95.4 Å². The lowest BCUT2D eigenvalue weighted by molar-refractivity contribution is -0.115. The lowest BCUT2D eigenvalue weighted by Crippen LogP contribution is -2.46. The summed E-state index contributed by atoms with van der Waals surface area (Å²) in [5, 5.41) is 7.27. The van der Waals surface area contributed by atoms with Gasteiger partial charge in [0.05, 0.1) is 10.7 Å². The summed E-state index contributed by atoms with van der Waals surface area (Å²) in [6, 6.07) is 27.1. The first-order valence-corrected chi connectivity index (χ1v) is 14.1. The Bertz CT molecular complexity index is 1510. The van der Waals surface area contributed by atoms with E-state index in [-0.39, 0.29) is 11.0 Å². The van der Waals surface area contributed by atoms with Crippen molar-refractivity contribution in [3.63, 3.8) is 0 Å². The third-order valence-corrected chi connectivity index (χ3v) is 7.47. The smallest absolute Gasteiger partial charge is 0.250 e. The summed E-state index contributed by atoms with van der Waals surface area (Å²) in [6.07, 6.45) is 2.98. The lowest BCUT2D eigenvalue weighted by atomic mass is 10.2. The van der Waals surface area contributed by atoms with Crippen LogP contribution in [0.5, 0.6) is 0 Å². The maximum absolute atomic E-state index is 12.4. The zero-order chi connectivity index (χ0) is 27.9. The Kier molecular flexibility index (Phi) is 9.19. The summed E-state index contributed by atoms with van der Waals surface area (Å²) >= 11 is 18.3. The van der Waals surface area contributed by atoms with E-state index in [9.17, 15) is 4.79 Å². The monoisotopic (exact) mass is 590 g/mol. The second kappa shape index (κ2) is 13.2. The molecule has 40 heavy (non-hydrogen) atoms.